The molecule has 5 unspecified atom stereocenters. The highest BCUT2D eigenvalue weighted by Gasteiger charge is 2.78. The van der Waals surface area contributed by atoms with Crippen molar-refractivity contribution in [2.75, 3.05) is 6.61 Å². The summed E-state index contributed by atoms with van der Waals surface area (Å²) >= 11 is 0. The molecule has 1 aromatic carbocycles. The molecule has 0 aromatic heterocycles. The molecular formula is C38H56O7. The SMILES string of the molecule is CC1=C2[C@@H](C)C(C)(C)[C@@]3(C)C(C(OC(=O)c4ccccc4)C(O)(CC1OC(=O)[C@H](C)C(C)C)C2(C)C)[C@]1(O)COC1CC3(C)C. The fourth-order valence-electron chi connectivity index (χ4n) is 9.94. The maximum absolute atomic E-state index is 14.0. The van der Waals surface area contributed by atoms with Crippen molar-refractivity contribution in [1.29, 1.82) is 0 Å². The first-order valence-corrected chi connectivity index (χ1v) is 16.8. The normalized spacial score (nSPS) is 40.2. The lowest BCUT2D eigenvalue weighted by molar-refractivity contribution is -0.373. The van der Waals surface area contributed by atoms with Crippen LogP contribution in [0.1, 0.15) is 106 Å². The van der Waals surface area contributed by atoms with E-state index in [1.165, 1.54) is 0 Å². The summed E-state index contributed by atoms with van der Waals surface area (Å²) < 4.78 is 18.9. The van der Waals surface area contributed by atoms with Crippen molar-refractivity contribution in [3.05, 3.63) is 47.0 Å². The van der Waals surface area contributed by atoms with Gasteiger partial charge in [0.25, 0.3) is 0 Å². The highest BCUT2D eigenvalue weighted by molar-refractivity contribution is 5.89. The molecule has 1 heterocycles. The topological polar surface area (TPSA) is 102 Å². The number of ether oxygens (including phenoxy) is 3. The Kier molecular flexibility index (Phi) is 8.07. The average Bonchev–Trinajstić information content (AvgIpc) is 2.96. The van der Waals surface area contributed by atoms with Gasteiger partial charge in [0.1, 0.15) is 23.4 Å². The molecule has 3 fully saturated rings. The molecule has 7 heteroatoms. The average molecular weight is 625 g/mol. The Morgan fingerprint density at radius 2 is 1.53 bits per heavy atom. The molecule has 5 rings (SSSR count). The second-order valence-electron chi connectivity index (χ2n) is 17.0. The van der Waals surface area contributed by atoms with Crippen LogP contribution in [-0.4, -0.2) is 58.3 Å². The van der Waals surface area contributed by atoms with Gasteiger partial charge in [-0.05, 0) is 59.1 Å². The number of carbonyl (C=O) groups is 2. The number of esters is 2. The first-order chi connectivity index (χ1) is 20.6. The summed E-state index contributed by atoms with van der Waals surface area (Å²) in [6.07, 6.45) is -1.63. The molecule has 1 aromatic rings. The minimum absolute atomic E-state index is 0.0420. The fourth-order valence-corrected chi connectivity index (χ4v) is 9.94. The van der Waals surface area contributed by atoms with Crippen LogP contribution in [-0.2, 0) is 19.0 Å². The van der Waals surface area contributed by atoms with Crippen LogP contribution in [0.15, 0.2) is 41.5 Å². The van der Waals surface area contributed by atoms with Crippen molar-refractivity contribution in [2.45, 2.75) is 125 Å². The highest BCUT2D eigenvalue weighted by atomic mass is 16.6. The second kappa shape index (κ2) is 10.6. The van der Waals surface area contributed by atoms with Crippen molar-refractivity contribution in [1.82, 2.24) is 0 Å². The van der Waals surface area contributed by atoms with Crippen LogP contribution in [0.4, 0.5) is 0 Å². The van der Waals surface area contributed by atoms with Crippen LogP contribution in [0.3, 0.4) is 0 Å². The van der Waals surface area contributed by atoms with Gasteiger partial charge < -0.3 is 24.4 Å². The number of fused-ring (bicyclic) bond motifs is 5. The first-order valence-electron chi connectivity index (χ1n) is 16.8. The molecule has 3 aliphatic carbocycles. The number of benzene rings is 1. The van der Waals surface area contributed by atoms with Crippen LogP contribution in [0, 0.1) is 45.3 Å². The molecule has 0 amide bonds. The monoisotopic (exact) mass is 624 g/mol. The lowest BCUT2D eigenvalue weighted by atomic mass is 9.34. The van der Waals surface area contributed by atoms with Gasteiger partial charge in [-0.25, -0.2) is 4.79 Å². The van der Waals surface area contributed by atoms with Crippen LogP contribution in [0.25, 0.3) is 0 Å². The quantitative estimate of drug-likeness (QED) is 0.276. The van der Waals surface area contributed by atoms with E-state index < -0.39 is 57.6 Å². The van der Waals surface area contributed by atoms with Crippen molar-refractivity contribution < 1.29 is 34.0 Å². The Balaban J connectivity index is 1.80. The molecule has 0 spiro atoms. The number of hydrogen-bond acceptors (Lipinski definition) is 7. The van der Waals surface area contributed by atoms with Gasteiger partial charge in [0.15, 0.2) is 0 Å². The Hall–Kier alpha value is -2.22. The van der Waals surface area contributed by atoms with Crippen molar-refractivity contribution >= 4 is 11.9 Å². The molecular weight excluding hydrogens is 568 g/mol. The number of carbonyl (C=O) groups excluding carboxylic acids is 2. The van der Waals surface area contributed by atoms with E-state index in [-0.39, 0.29) is 42.2 Å². The Bertz CT molecular complexity index is 1380. The largest absolute Gasteiger partial charge is 0.458 e. The second-order valence-corrected chi connectivity index (χ2v) is 17.0. The molecule has 0 radical (unpaired) electrons. The third-order valence-electron chi connectivity index (χ3n) is 14.0. The number of rotatable bonds is 5. The van der Waals surface area contributed by atoms with Gasteiger partial charge in [-0.15, -0.1) is 0 Å². The van der Waals surface area contributed by atoms with Crippen molar-refractivity contribution in [3.8, 4) is 0 Å². The van der Waals surface area contributed by atoms with E-state index in [1.807, 2.05) is 47.6 Å². The van der Waals surface area contributed by atoms with E-state index in [4.69, 9.17) is 14.2 Å². The predicted molar refractivity (Wildman–Crippen MR) is 173 cm³/mol. The summed E-state index contributed by atoms with van der Waals surface area (Å²) in [5, 5.41) is 26.1. The van der Waals surface area contributed by atoms with E-state index in [0.29, 0.717) is 12.0 Å². The Labute approximate surface area is 270 Å². The van der Waals surface area contributed by atoms with Crippen LogP contribution < -0.4 is 0 Å². The molecule has 2 N–H and O–H groups in total. The zero-order chi connectivity index (χ0) is 33.7. The van der Waals surface area contributed by atoms with Gasteiger partial charge >= 0.3 is 11.9 Å². The maximum Gasteiger partial charge on any atom is 0.338 e. The first kappa shape index (κ1) is 34.1. The van der Waals surface area contributed by atoms with Crippen molar-refractivity contribution in [3.63, 3.8) is 0 Å². The van der Waals surface area contributed by atoms with Gasteiger partial charge in [-0.3, -0.25) is 4.79 Å². The summed E-state index contributed by atoms with van der Waals surface area (Å²) in [6, 6.07) is 8.81. The zero-order valence-electron chi connectivity index (χ0n) is 29.5. The number of hydrogen-bond donors (Lipinski definition) is 2. The third kappa shape index (κ3) is 4.53. The molecule has 4 aliphatic rings. The van der Waals surface area contributed by atoms with E-state index in [1.54, 1.807) is 24.3 Å². The Morgan fingerprint density at radius 3 is 2.07 bits per heavy atom. The summed E-state index contributed by atoms with van der Waals surface area (Å²) in [5.74, 6) is -1.88. The van der Waals surface area contributed by atoms with Gasteiger partial charge in [0.2, 0.25) is 0 Å². The van der Waals surface area contributed by atoms with E-state index in [2.05, 4.69) is 41.5 Å². The Morgan fingerprint density at radius 1 is 0.933 bits per heavy atom. The van der Waals surface area contributed by atoms with Gasteiger partial charge in [0, 0.05) is 17.8 Å². The highest BCUT2D eigenvalue weighted by Crippen LogP contribution is 2.74. The van der Waals surface area contributed by atoms with Crippen LogP contribution in [0.2, 0.25) is 0 Å². The predicted octanol–water partition coefficient (Wildman–Crippen LogP) is 6.75. The zero-order valence-corrected chi connectivity index (χ0v) is 29.5. The van der Waals surface area contributed by atoms with Crippen molar-refractivity contribution in [2.24, 2.45) is 45.3 Å². The van der Waals surface area contributed by atoms with Gasteiger partial charge in [-0.2, -0.15) is 0 Å². The molecule has 2 bridgehead atoms. The maximum atomic E-state index is 14.0. The smallest absolute Gasteiger partial charge is 0.338 e. The summed E-state index contributed by atoms with van der Waals surface area (Å²) in [6.45, 7) is 25.4. The standard InChI is InChI=1S/C38H56O7/c1-21(2)22(3)31(39)44-26-18-38(42)30(45-32(40)25-16-14-13-15-17-25)29-36(12,33(6,7)19-27-37(29,41)20-43-27)34(8,9)24(5)28(23(26)4)35(38,10)11/h13-17,21-22,24,26-27,29-30,41-42H,18-20H2,1-12H3/t22-,24-,26?,27?,29?,30?,36+,37+,38?/m1/s1. The summed E-state index contributed by atoms with van der Waals surface area (Å²) in [5.41, 5.74) is -3.07. The molecule has 7 nitrogen and oxygen atoms in total. The van der Waals surface area contributed by atoms with Gasteiger partial charge in [-0.1, -0.05) is 99.9 Å². The molecule has 1 aliphatic heterocycles. The summed E-state index contributed by atoms with van der Waals surface area (Å²) in [7, 11) is 0. The third-order valence-corrected chi connectivity index (χ3v) is 14.0. The molecule has 1 saturated heterocycles. The molecule has 45 heavy (non-hydrogen) atoms. The van der Waals surface area contributed by atoms with Crippen LogP contribution >= 0.6 is 0 Å². The molecule has 250 valence electrons. The van der Waals surface area contributed by atoms with Gasteiger partial charge in [0.05, 0.1) is 24.2 Å². The lowest BCUT2D eigenvalue weighted by Gasteiger charge is -2.74. The van der Waals surface area contributed by atoms with Crippen LogP contribution in [0.5, 0.6) is 0 Å². The van der Waals surface area contributed by atoms with E-state index >= 15 is 0 Å². The lowest BCUT2D eigenvalue weighted by Crippen LogP contribution is -2.81. The molecule has 2 saturated carbocycles. The van der Waals surface area contributed by atoms with E-state index in [9.17, 15) is 19.8 Å². The van der Waals surface area contributed by atoms with E-state index in [0.717, 1.165) is 11.1 Å². The molecule has 9 atom stereocenters. The minimum Gasteiger partial charge on any atom is -0.458 e. The summed E-state index contributed by atoms with van der Waals surface area (Å²) in [4.78, 5) is 27.5. The minimum atomic E-state index is -1.70. The fraction of sp³-hybridized carbons (Fsp3) is 0.737. The number of aliphatic hydroxyl groups is 2.